The second-order valence-electron chi connectivity index (χ2n) is 7.13. The summed E-state index contributed by atoms with van der Waals surface area (Å²) in [4.78, 5) is 16.1. The van der Waals surface area contributed by atoms with Gasteiger partial charge in [-0.25, -0.2) is 4.98 Å². The highest BCUT2D eigenvalue weighted by molar-refractivity contribution is 5.49. The Morgan fingerprint density at radius 2 is 1.92 bits per heavy atom. The molecule has 0 amide bonds. The van der Waals surface area contributed by atoms with Crippen LogP contribution in [0.4, 0.5) is 5.69 Å². The van der Waals surface area contributed by atoms with Gasteiger partial charge in [0.1, 0.15) is 5.82 Å². The Balaban J connectivity index is 1.54. The molecule has 3 aromatic heterocycles. The Hall–Kier alpha value is -2.69. The van der Waals surface area contributed by atoms with E-state index in [1.54, 1.807) is 0 Å². The number of nitrogens with zero attached hydrogens (tertiary/aromatic N) is 5. The SMILES string of the molecule is Cc1cc(N2CCCC(c3nccn3Cc3ccccn3)C2)cc(C)n1. The molecule has 0 radical (unpaired) electrons. The van der Waals surface area contributed by atoms with Gasteiger partial charge in [0.05, 0.1) is 12.2 Å². The highest BCUT2D eigenvalue weighted by atomic mass is 15.2. The fourth-order valence-electron chi connectivity index (χ4n) is 3.90. The van der Waals surface area contributed by atoms with Crippen LogP contribution in [0.25, 0.3) is 0 Å². The molecule has 4 heterocycles. The van der Waals surface area contributed by atoms with Crippen LogP contribution in [0.15, 0.2) is 48.9 Å². The van der Waals surface area contributed by atoms with Crippen LogP contribution >= 0.6 is 0 Å². The predicted molar refractivity (Wildman–Crippen MR) is 103 cm³/mol. The van der Waals surface area contributed by atoms with Gasteiger partial charge < -0.3 is 9.47 Å². The van der Waals surface area contributed by atoms with Crippen molar-refractivity contribution in [2.75, 3.05) is 18.0 Å². The maximum Gasteiger partial charge on any atom is 0.113 e. The van der Waals surface area contributed by atoms with E-state index >= 15 is 0 Å². The lowest BCUT2D eigenvalue weighted by Gasteiger charge is -2.34. The molecule has 1 saturated heterocycles. The third-order valence-corrected chi connectivity index (χ3v) is 5.02. The van der Waals surface area contributed by atoms with Crippen molar-refractivity contribution in [2.45, 2.75) is 39.2 Å². The predicted octanol–water partition coefficient (Wildman–Crippen LogP) is 3.72. The normalized spacial score (nSPS) is 17.5. The molecule has 3 aromatic rings. The summed E-state index contributed by atoms with van der Waals surface area (Å²) in [7, 11) is 0. The number of hydrogen-bond donors (Lipinski definition) is 0. The number of aromatic nitrogens is 4. The Labute approximate surface area is 154 Å². The lowest BCUT2D eigenvalue weighted by atomic mass is 9.96. The van der Waals surface area contributed by atoms with E-state index in [0.29, 0.717) is 5.92 Å². The molecule has 26 heavy (non-hydrogen) atoms. The first kappa shape index (κ1) is 16.8. The molecule has 134 valence electrons. The molecule has 0 N–H and O–H groups in total. The van der Waals surface area contributed by atoms with Crippen molar-refractivity contribution >= 4 is 5.69 Å². The lowest BCUT2D eigenvalue weighted by Crippen LogP contribution is -2.35. The number of rotatable bonds is 4. The number of hydrogen-bond acceptors (Lipinski definition) is 4. The van der Waals surface area contributed by atoms with E-state index in [1.807, 2.05) is 24.5 Å². The minimum atomic E-state index is 0.441. The van der Waals surface area contributed by atoms with Crippen LogP contribution in [-0.4, -0.2) is 32.6 Å². The van der Waals surface area contributed by atoms with Crippen molar-refractivity contribution in [1.29, 1.82) is 0 Å². The average Bonchev–Trinajstić information content (AvgIpc) is 3.10. The maximum absolute atomic E-state index is 4.70. The van der Waals surface area contributed by atoms with Gasteiger partial charge in [0.15, 0.2) is 0 Å². The summed E-state index contributed by atoms with van der Waals surface area (Å²) in [5, 5.41) is 0. The van der Waals surface area contributed by atoms with Gasteiger partial charge in [0.25, 0.3) is 0 Å². The van der Waals surface area contributed by atoms with Crippen LogP contribution in [-0.2, 0) is 6.54 Å². The van der Waals surface area contributed by atoms with Gasteiger partial charge in [-0.05, 0) is 51.0 Å². The van der Waals surface area contributed by atoms with Gasteiger partial charge in [0.2, 0.25) is 0 Å². The van der Waals surface area contributed by atoms with Crippen molar-refractivity contribution in [3.05, 3.63) is 71.8 Å². The van der Waals surface area contributed by atoms with Crippen LogP contribution in [0.2, 0.25) is 0 Å². The molecule has 5 heteroatoms. The third-order valence-electron chi connectivity index (χ3n) is 5.02. The summed E-state index contributed by atoms with van der Waals surface area (Å²) in [6.07, 6.45) is 8.20. The first-order chi connectivity index (χ1) is 12.7. The number of anilines is 1. The van der Waals surface area contributed by atoms with Crippen molar-refractivity contribution < 1.29 is 0 Å². The van der Waals surface area contributed by atoms with Gasteiger partial charge in [-0.3, -0.25) is 9.97 Å². The second-order valence-corrected chi connectivity index (χ2v) is 7.13. The van der Waals surface area contributed by atoms with E-state index in [2.05, 4.69) is 57.7 Å². The van der Waals surface area contributed by atoms with Gasteiger partial charge in [-0.1, -0.05) is 6.07 Å². The largest absolute Gasteiger partial charge is 0.371 e. The standard InChI is InChI=1S/C21H25N5/c1-16-12-20(13-17(2)24-16)25-10-5-6-18(14-25)21-23-9-11-26(21)15-19-7-3-4-8-22-19/h3-4,7-9,11-13,18H,5-6,10,14-15H2,1-2H3. The van der Waals surface area contributed by atoms with E-state index in [0.717, 1.165) is 36.7 Å². The van der Waals surface area contributed by atoms with E-state index in [-0.39, 0.29) is 0 Å². The Kier molecular flexibility index (Phi) is 4.69. The molecule has 5 nitrogen and oxygen atoms in total. The number of pyridine rings is 2. The van der Waals surface area contributed by atoms with Crippen LogP contribution < -0.4 is 4.90 Å². The van der Waals surface area contributed by atoms with Crippen LogP contribution in [0.1, 0.15) is 41.7 Å². The molecule has 0 saturated carbocycles. The average molecular weight is 347 g/mol. The molecule has 0 aliphatic carbocycles. The van der Waals surface area contributed by atoms with E-state index < -0.39 is 0 Å². The highest BCUT2D eigenvalue weighted by Gasteiger charge is 2.25. The fraction of sp³-hybridized carbons (Fsp3) is 0.381. The fourth-order valence-corrected chi connectivity index (χ4v) is 3.90. The summed E-state index contributed by atoms with van der Waals surface area (Å²) in [5.74, 6) is 1.61. The first-order valence-electron chi connectivity index (χ1n) is 9.30. The Morgan fingerprint density at radius 1 is 1.08 bits per heavy atom. The van der Waals surface area contributed by atoms with Crippen molar-refractivity contribution in [1.82, 2.24) is 19.5 Å². The van der Waals surface area contributed by atoms with Crippen LogP contribution in [0.3, 0.4) is 0 Å². The molecule has 4 rings (SSSR count). The zero-order chi connectivity index (χ0) is 17.9. The third kappa shape index (κ3) is 3.62. The van der Waals surface area contributed by atoms with Gasteiger partial charge in [0, 0.05) is 54.7 Å². The summed E-state index contributed by atoms with van der Waals surface area (Å²) in [5.41, 5.74) is 4.51. The molecule has 1 atom stereocenters. The smallest absolute Gasteiger partial charge is 0.113 e. The maximum atomic E-state index is 4.70. The van der Waals surface area contributed by atoms with Crippen LogP contribution in [0, 0.1) is 13.8 Å². The lowest BCUT2D eigenvalue weighted by molar-refractivity contribution is 0.475. The summed E-state index contributed by atoms with van der Waals surface area (Å²) in [6.45, 7) is 7.01. The quantitative estimate of drug-likeness (QED) is 0.722. The van der Waals surface area contributed by atoms with Crippen molar-refractivity contribution in [2.24, 2.45) is 0 Å². The highest BCUT2D eigenvalue weighted by Crippen LogP contribution is 2.30. The second kappa shape index (κ2) is 7.28. The summed E-state index contributed by atoms with van der Waals surface area (Å²) >= 11 is 0. The molecule has 1 unspecified atom stereocenters. The molecule has 1 fully saturated rings. The summed E-state index contributed by atoms with van der Waals surface area (Å²) < 4.78 is 2.25. The van der Waals surface area contributed by atoms with E-state index in [1.165, 1.54) is 24.4 Å². The number of imidazole rings is 1. The zero-order valence-electron chi connectivity index (χ0n) is 15.5. The number of aryl methyl sites for hydroxylation is 2. The first-order valence-corrected chi connectivity index (χ1v) is 9.30. The van der Waals surface area contributed by atoms with Crippen molar-refractivity contribution in [3.63, 3.8) is 0 Å². The number of piperidine rings is 1. The van der Waals surface area contributed by atoms with E-state index in [4.69, 9.17) is 4.98 Å². The molecular weight excluding hydrogens is 322 g/mol. The zero-order valence-corrected chi connectivity index (χ0v) is 15.5. The molecular formula is C21H25N5. The monoisotopic (exact) mass is 347 g/mol. The topological polar surface area (TPSA) is 46.8 Å². The van der Waals surface area contributed by atoms with Gasteiger partial charge >= 0.3 is 0 Å². The summed E-state index contributed by atoms with van der Waals surface area (Å²) in [6, 6.07) is 10.4. The minimum Gasteiger partial charge on any atom is -0.371 e. The van der Waals surface area contributed by atoms with Gasteiger partial charge in [-0.15, -0.1) is 0 Å². The Bertz CT molecular complexity index is 851. The van der Waals surface area contributed by atoms with E-state index in [9.17, 15) is 0 Å². The van der Waals surface area contributed by atoms with Crippen LogP contribution in [0.5, 0.6) is 0 Å². The van der Waals surface area contributed by atoms with Crippen molar-refractivity contribution in [3.8, 4) is 0 Å². The molecule has 1 aliphatic rings. The molecule has 0 aromatic carbocycles. The Morgan fingerprint density at radius 3 is 2.69 bits per heavy atom. The minimum absolute atomic E-state index is 0.441. The molecule has 1 aliphatic heterocycles. The molecule has 0 bridgehead atoms. The van der Waals surface area contributed by atoms with Gasteiger partial charge in [-0.2, -0.15) is 0 Å². The molecule has 0 spiro atoms.